The summed E-state index contributed by atoms with van der Waals surface area (Å²) in [6, 6.07) is 5.06. The lowest BCUT2D eigenvalue weighted by molar-refractivity contribution is -0.0431. The third kappa shape index (κ3) is 3.77. The van der Waals surface area contributed by atoms with E-state index in [-0.39, 0.29) is 6.03 Å². The van der Waals surface area contributed by atoms with Crippen molar-refractivity contribution in [3.63, 3.8) is 0 Å². The van der Waals surface area contributed by atoms with Crippen LogP contribution in [0.2, 0.25) is 0 Å². The Morgan fingerprint density at radius 1 is 1.30 bits per heavy atom. The van der Waals surface area contributed by atoms with Gasteiger partial charge in [0.05, 0.1) is 0 Å². The van der Waals surface area contributed by atoms with Gasteiger partial charge in [-0.1, -0.05) is 0 Å². The van der Waals surface area contributed by atoms with Crippen molar-refractivity contribution in [1.29, 1.82) is 0 Å². The Hall–Kier alpha value is -1.95. The topological polar surface area (TPSA) is 68.8 Å². The highest BCUT2D eigenvalue weighted by Crippen LogP contribution is 2.40. The molecule has 1 aromatic rings. The van der Waals surface area contributed by atoms with Crippen LogP contribution in [0.15, 0.2) is 18.2 Å². The molecule has 0 fully saturated rings. The van der Waals surface area contributed by atoms with E-state index in [0.717, 1.165) is 6.42 Å². The van der Waals surface area contributed by atoms with Gasteiger partial charge >= 0.3 is 6.03 Å². The quantitative estimate of drug-likeness (QED) is 0.812. The summed E-state index contributed by atoms with van der Waals surface area (Å²) in [7, 11) is 1.63. The molecule has 2 rings (SSSR count). The number of amides is 2. The molecule has 1 aromatic carbocycles. The number of methoxy groups -OCH3 is 1. The van der Waals surface area contributed by atoms with E-state index in [0.29, 0.717) is 30.3 Å². The van der Waals surface area contributed by atoms with E-state index in [9.17, 15) is 4.79 Å². The van der Waals surface area contributed by atoms with E-state index in [1.54, 1.807) is 25.3 Å². The Bertz CT molecular complexity index is 488. The van der Waals surface area contributed by atoms with Crippen LogP contribution in [-0.2, 0) is 4.74 Å². The van der Waals surface area contributed by atoms with Gasteiger partial charge in [-0.25, -0.2) is 4.79 Å². The molecular formula is C14H20N2O4. The number of rotatable bonds is 5. The minimum Gasteiger partial charge on any atom is -0.449 e. The van der Waals surface area contributed by atoms with Crippen molar-refractivity contribution in [2.75, 3.05) is 25.6 Å². The highest BCUT2D eigenvalue weighted by molar-refractivity contribution is 5.89. The van der Waals surface area contributed by atoms with Crippen molar-refractivity contribution in [3.8, 4) is 11.5 Å². The third-order valence-corrected chi connectivity index (χ3v) is 2.72. The van der Waals surface area contributed by atoms with Gasteiger partial charge < -0.3 is 24.8 Å². The first kappa shape index (κ1) is 14.5. The predicted octanol–water partition coefficient (Wildman–Crippen LogP) is 2.35. The zero-order valence-electron chi connectivity index (χ0n) is 12.0. The summed E-state index contributed by atoms with van der Waals surface area (Å²) in [5, 5.41) is 5.50. The summed E-state index contributed by atoms with van der Waals surface area (Å²) >= 11 is 0. The molecule has 0 aliphatic carbocycles. The summed E-state index contributed by atoms with van der Waals surface area (Å²) in [4.78, 5) is 11.7. The molecular weight excluding hydrogens is 260 g/mol. The summed E-state index contributed by atoms with van der Waals surface area (Å²) in [6.07, 6.45) is 0.777. The second-order valence-corrected chi connectivity index (χ2v) is 4.99. The molecule has 110 valence electrons. The molecule has 1 aliphatic heterocycles. The molecule has 0 saturated heterocycles. The van der Waals surface area contributed by atoms with Gasteiger partial charge in [-0.3, -0.25) is 0 Å². The predicted molar refractivity (Wildman–Crippen MR) is 75.3 cm³/mol. The second kappa shape index (κ2) is 6.00. The van der Waals surface area contributed by atoms with Gasteiger partial charge in [0.1, 0.15) is 0 Å². The Kier molecular flexibility index (Phi) is 4.34. The van der Waals surface area contributed by atoms with Crippen LogP contribution in [0.4, 0.5) is 10.5 Å². The average molecular weight is 280 g/mol. The van der Waals surface area contributed by atoms with Gasteiger partial charge in [-0.2, -0.15) is 0 Å². The van der Waals surface area contributed by atoms with Gasteiger partial charge in [0.15, 0.2) is 11.5 Å². The monoisotopic (exact) mass is 280 g/mol. The molecule has 1 heterocycles. The SMILES string of the molecule is COCCCNC(=O)Nc1ccc2c(c1)OC(C)(C)O2. The first-order chi connectivity index (χ1) is 9.50. The minimum absolute atomic E-state index is 0.251. The fourth-order valence-electron chi connectivity index (χ4n) is 1.89. The molecule has 2 amide bonds. The number of urea groups is 1. The molecule has 0 atom stereocenters. The highest BCUT2D eigenvalue weighted by atomic mass is 16.7. The third-order valence-electron chi connectivity index (χ3n) is 2.72. The van der Waals surface area contributed by atoms with Gasteiger partial charge in [0, 0.05) is 45.9 Å². The van der Waals surface area contributed by atoms with Crippen molar-refractivity contribution in [3.05, 3.63) is 18.2 Å². The van der Waals surface area contributed by atoms with E-state index in [2.05, 4.69) is 10.6 Å². The number of carbonyl (C=O) groups excluding carboxylic acids is 1. The van der Waals surface area contributed by atoms with Crippen molar-refractivity contribution in [2.45, 2.75) is 26.1 Å². The number of benzene rings is 1. The van der Waals surface area contributed by atoms with E-state index in [4.69, 9.17) is 14.2 Å². The van der Waals surface area contributed by atoms with Crippen molar-refractivity contribution >= 4 is 11.7 Å². The van der Waals surface area contributed by atoms with Crippen LogP contribution in [0.5, 0.6) is 11.5 Å². The lowest BCUT2D eigenvalue weighted by Crippen LogP contribution is -2.30. The highest BCUT2D eigenvalue weighted by Gasteiger charge is 2.31. The molecule has 0 saturated carbocycles. The van der Waals surface area contributed by atoms with Crippen LogP contribution >= 0.6 is 0 Å². The fraction of sp³-hybridized carbons (Fsp3) is 0.500. The van der Waals surface area contributed by atoms with E-state index < -0.39 is 5.79 Å². The van der Waals surface area contributed by atoms with Crippen molar-refractivity contribution in [2.24, 2.45) is 0 Å². The number of carbonyl (C=O) groups is 1. The first-order valence-electron chi connectivity index (χ1n) is 6.56. The Morgan fingerprint density at radius 3 is 2.80 bits per heavy atom. The number of anilines is 1. The lowest BCUT2D eigenvalue weighted by Gasteiger charge is -2.16. The zero-order chi connectivity index (χ0) is 14.6. The summed E-state index contributed by atoms with van der Waals surface area (Å²) in [5.41, 5.74) is 0.661. The molecule has 0 spiro atoms. The smallest absolute Gasteiger partial charge is 0.319 e. The molecule has 0 radical (unpaired) electrons. The van der Waals surface area contributed by atoms with Crippen LogP contribution in [0.1, 0.15) is 20.3 Å². The van der Waals surface area contributed by atoms with Gasteiger partial charge in [0.2, 0.25) is 5.79 Å². The van der Waals surface area contributed by atoms with Crippen LogP contribution in [-0.4, -0.2) is 32.1 Å². The second-order valence-electron chi connectivity index (χ2n) is 4.99. The lowest BCUT2D eigenvalue weighted by atomic mass is 10.3. The Labute approximate surface area is 118 Å². The van der Waals surface area contributed by atoms with E-state index in [1.807, 2.05) is 13.8 Å². The molecule has 1 aliphatic rings. The fourth-order valence-corrected chi connectivity index (χ4v) is 1.89. The number of hydrogen-bond donors (Lipinski definition) is 2. The average Bonchev–Trinajstić information content (AvgIpc) is 2.68. The number of fused-ring (bicyclic) bond motifs is 1. The Balaban J connectivity index is 1.87. The summed E-state index contributed by atoms with van der Waals surface area (Å²) in [5.74, 6) is 0.650. The maximum absolute atomic E-state index is 11.7. The minimum atomic E-state index is -0.663. The van der Waals surface area contributed by atoms with Crippen molar-refractivity contribution < 1.29 is 19.0 Å². The van der Waals surface area contributed by atoms with Crippen LogP contribution in [0.3, 0.4) is 0 Å². The van der Waals surface area contributed by atoms with Gasteiger partial charge in [0.25, 0.3) is 0 Å². The van der Waals surface area contributed by atoms with E-state index >= 15 is 0 Å². The van der Waals surface area contributed by atoms with Crippen molar-refractivity contribution in [1.82, 2.24) is 5.32 Å². The molecule has 6 heteroatoms. The molecule has 20 heavy (non-hydrogen) atoms. The zero-order valence-corrected chi connectivity index (χ0v) is 12.0. The molecule has 0 unspecified atom stereocenters. The number of hydrogen-bond acceptors (Lipinski definition) is 4. The van der Waals surface area contributed by atoms with Crippen LogP contribution in [0, 0.1) is 0 Å². The maximum atomic E-state index is 11.7. The largest absolute Gasteiger partial charge is 0.449 e. The first-order valence-corrected chi connectivity index (χ1v) is 6.56. The summed E-state index contributed by atoms with van der Waals surface area (Å²) in [6.45, 7) is 4.86. The van der Waals surface area contributed by atoms with Crippen LogP contribution in [0.25, 0.3) is 0 Å². The van der Waals surface area contributed by atoms with Crippen LogP contribution < -0.4 is 20.1 Å². The number of ether oxygens (including phenoxy) is 3. The van der Waals surface area contributed by atoms with Gasteiger partial charge in [-0.05, 0) is 18.6 Å². The van der Waals surface area contributed by atoms with Gasteiger partial charge in [-0.15, -0.1) is 0 Å². The standard InChI is InChI=1S/C14H20N2O4/c1-14(2)19-11-6-5-10(9-12(11)20-14)16-13(17)15-7-4-8-18-3/h5-6,9H,4,7-8H2,1-3H3,(H2,15,16,17). The number of nitrogens with one attached hydrogen (secondary N) is 2. The molecule has 2 N–H and O–H groups in total. The molecule has 6 nitrogen and oxygen atoms in total. The Morgan fingerprint density at radius 2 is 2.05 bits per heavy atom. The summed E-state index contributed by atoms with van der Waals surface area (Å²) < 4.78 is 16.1. The maximum Gasteiger partial charge on any atom is 0.319 e. The molecule has 0 aromatic heterocycles. The normalized spacial score (nSPS) is 14.9. The van der Waals surface area contributed by atoms with E-state index in [1.165, 1.54) is 0 Å². The molecule has 0 bridgehead atoms.